The molecule has 0 unspecified atom stereocenters. The second-order valence-electron chi connectivity index (χ2n) is 10.9. The molecule has 250 valence electrons. The van der Waals surface area contributed by atoms with Crippen molar-refractivity contribution >= 4 is 57.3 Å². The summed E-state index contributed by atoms with van der Waals surface area (Å²) >= 11 is 6.28. The number of urea groups is 1. The Bertz CT molecular complexity index is 1640. The van der Waals surface area contributed by atoms with Crippen LogP contribution in [0.1, 0.15) is 48.5 Å². The maximum absolute atomic E-state index is 14.4. The van der Waals surface area contributed by atoms with Crippen LogP contribution in [0.15, 0.2) is 54.6 Å². The quantitative estimate of drug-likeness (QED) is 0.195. The predicted molar refractivity (Wildman–Crippen MR) is 177 cm³/mol. The van der Waals surface area contributed by atoms with Gasteiger partial charge in [-0.2, -0.15) is 0 Å². The summed E-state index contributed by atoms with van der Waals surface area (Å²) in [5.74, 6) is -2.17. The van der Waals surface area contributed by atoms with E-state index in [4.69, 9.17) is 22.1 Å². The molecule has 0 radical (unpaired) electrons. The first-order chi connectivity index (χ1) is 21.3. The first-order valence-electron chi connectivity index (χ1n) is 14.5. The van der Waals surface area contributed by atoms with Crippen LogP contribution in [-0.2, 0) is 16.6 Å². The van der Waals surface area contributed by atoms with Crippen LogP contribution in [0.5, 0.6) is 11.5 Å². The number of halogens is 4. The molecule has 0 atom stereocenters. The van der Waals surface area contributed by atoms with Crippen molar-refractivity contribution in [1.29, 1.82) is 0 Å². The molecule has 4 N–H and O–H groups in total. The fourth-order valence-electron chi connectivity index (χ4n) is 5.10. The van der Waals surface area contributed by atoms with Crippen molar-refractivity contribution in [2.24, 2.45) is 5.73 Å². The van der Waals surface area contributed by atoms with Gasteiger partial charge in [-0.3, -0.25) is 14.4 Å². The zero-order valence-corrected chi connectivity index (χ0v) is 27.8. The number of unbranched alkanes of at least 4 members (excludes halogenated alkanes) is 1. The lowest BCUT2D eigenvalue weighted by molar-refractivity contribution is 0.0996. The van der Waals surface area contributed by atoms with E-state index in [1.165, 1.54) is 6.07 Å². The normalized spacial score (nSPS) is 13.8. The molecule has 4 rings (SSSR count). The van der Waals surface area contributed by atoms with Gasteiger partial charge in [-0.15, -0.1) is 12.4 Å². The van der Waals surface area contributed by atoms with E-state index < -0.39 is 39.2 Å². The van der Waals surface area contributed by atoms with Gasteiger partial charge in [-0.05, 0) is 61.2 Å². The predicted octanol–water partition coefficient (Wildman–Crippen LogP) is 6.60. The number of hydrogen-bond acceptors (Lipinski definition) is 6. The highest BCUT2D eigenvalue weighted by molar-refractivity contribution is 7.92. The SMILES string of the molecule is CCCCN(C(=O)Nc1cc(C(N)=O)c(F)cc1F)C1CCN(Cc2ccc(Oc3ccc(NS(C)(=O)=O)cc3Cl)cc2)CC1.Cl. The lowest BCUT2D eigenvalue weighted by atomic mass is 10.0. The Morgan fingerprint density at radius 2 is 1.74 bits per heavy atom. The zero-order chi connectivity index (χ0) is 32.7. The Morgan fingerprint density at radius 3 is 2.33 bits per heavy atom. The van der Waals surface area contributed by atoms with Gasteiger partial charge in [0.15, 0.2) is 0 Å². The lowest BCUT2D eigenvalue weighted by Crippen LogP contribution is -2.49. The topological polar surface area (TPSA) is 134 Å². The van der Waals surface area contributed by atoms with Crippen molar-refractivity contribution in [3.05, 3.63) is 82.4 Å². The molecule has 1 saturated heterocycles. The van der Waals surface area contributed by atoms with Gasteiger partial charge in [-0.1, -0.05) is 37.1 Å². The molecule has 0 spiro atoms. The molecule has 3 aromatic rings. The minimum Gasteiger partial charge on any atom is -0.456 e. The van der Waals surface area contributed by atoms with E-state index >= 15 is 0 Å². The highest BCUT2D eigenvalue weighted by Crippen LogP contribution is 2.32. The van der Waals surface area contributed by atoms with E-state index in [1.807, 2.05) is 31.2 Å². The summed E-state index contributed by atoms with van der Waals surface area (Å²) in [5.41, 5.74) is 5.79. The number of carbonyl (C=O) groups excluding carboxylic acids is 2. The molecule has 3 amide bonds. The molecule has 46 heavy (non-hydrogen) atoms. The number of nitrogens with two attached hydrogens (primary N) is 1. The number of hydrogen-bond donors (Lipinski definition) is 3. The summed E-state index contributed by atoms with van der Waals surface area (Å²) in [6.07, 6.45) is 4.09. The fourth-order valence-corrected chi connectivity index (χ4v) is 5.87. The minimum atomic E-state index is -3.43. The van der Waals surface area contributed by atoms with Crippen molar-refractivity contribution in [2.75, 3.05) is 35.9 Å². The Labute approximate surface area is 278 Å². The molecule has 1 aliphatic rings. The van der Waals surface area contributed by atoms with E-state index in [9.17, 15) is 26.8 Å². The number of rotatable bonds is 12. The molecular weight excluding hydrogens is 663 g/mol. The van der Waals surface area contributed by atoms with Crippen molar-refractivity contribution < 1.29 is 31.5 Å². The number of amides is 3. The highest BCUT2D eigenvalue weighted by atomic mass is 35.5. The Morgan fingerprint density at radius 1 is 1.07 bits per heavy atom. The van der Waals surface area contributed by atoms with E-state index in [-0.39, 0.29) is 29.2 Å². The fraction of sp³-hybridized carbons (Fsp3) is 0.355. The Hall–Kier alpha value is -3.65. The van der Waals surface area contributed by atoms with Crippen molar-refractivity contribution in [3.63, 3.8) is 0 Å². The third kappa shape index (κ3) is 10.2. The Kier molecular flexibility index (Phi) is 13.0. The number of nitrogens with zero attached hydrogens (tertiary/aromatic N) is 2. The highest BCUT2D eigenvalue weighted by Gasteiger charge is 2.28. The summed E-state index contributed by atoms with van der Waals surface area (Å²) in [5, 5.41) is 2.76. The van der Waals surface area contributed by atoms with Crippen LogP contribution in [0.2, 0.25) is 5.02 Å². The molecule has 1 fully saturated rings. The average Bonchev–Trinajstić information content (AvgIpc) is 2.97. The first-order valence-corrected chi connectivity index (χ1v) is 16.7. The maximum atomic E-state index is 14.4. The van der Waals surface area contributed by atoms with Gasteiger partial charge in [0.25, 0.3) is 5.91 Å². The van der Waals surface area contributed by atoms with E-state index in [0.29, 0.717) is 49.2 Å². The monoisotopic (exact) mass is 699 g/mol. The van der Waals surface area contributed by atoms with Gasteiger partial charge < -0.3 is 20.7 Å². The third-order valence-corrected chi connectivity index (χ3v) is 8.27. The standard InChI is InChI=1S/C31H36ClF2N5O5S.ClH/c1-3-4-13-39(31(41)36-28-17-24(30(35)40)26(33)18-27(28)34)22-11-14-38(15-12-22)19-20-5-8-23(9-6-20)44-29-10-7-21(16-25(29)32)37-45(2,42)43;/h5-10,16-18,22,37H,3-4,11-15,19H2,1-2H3,(H2,35,40)(H,36,41);1H. The molecule has 0 bridgehead atoms. The number of piperidine rings is 1. The van der Waals surface area contributed by atoms with Crippen LogP contribution >= 0.6 is 24.0 Å². The van der Waals surface area contributed by atoms with E-state index in [1.54, 1.807) is 17.0 Å². The molecule has 0 aliphatic carbocycles. The maximum Gasteiger partial charge on any atom is 0.322 e. The van der Waals surface area contributed by atoms with Gasteiger partial charge in [-0.25, -0.2) is 22.0 Å². The first kappa shape index (κ1) is 36.8. The zero-order valence-electron chi connectivity index (χ0n) is 25.4. The minimum absolute atomic E-state index is 0. The van der Waals surface area contributed by atoms with Crippen molar-refractivity contribution in [2.45, 2.75) is 45.2 Å². The summed E-state index contributed by atoms with van der Waals surface area (Å²) in [6.45, 7) is 4.65. The van der Waals surface area contributed by atoms with Crippen molar-refractivity contribution in [3.8, 4) is 11.5 Å². The van der Waals surface area contributed by atoms with Gasteiger partial charge >= 0.3 is 6.03 Å². The number of anilines is 2. The summed E-state index contributed by atoms with van der Waals surface area (Å²) in [6, 6.07) is 13.1. The van der Waals surface area contributed by atoms with E-state index in [0.717, 1.165) is 43.8 Å². The average molecular weight is 701 g/mol. The summed E-state index contributed by atoms with van der Waals surface area (Å²) in [4.78, 5) is 28.7. The smallest absolute Gasteiger partial charge is 0.322 e. The van der Waals surface area contributed by atoms with Crippen LogP contribution in [0, 0.1) is 11.6 Å². The van der Waals surface area contributed by atoms with Crippen molar-refractivity contribution in [1.82, 2.24) is 9.80 Å². The molecular formula is C31H37Cl2F2N5O5S. The van der Waals surface area contributed by atoms with Crippen LogP contribution in [-0.4, -0.2) is 62.1 Å². The lowest BCUT2D eigenvalue weighted by Gasteiger charge is -2.38. The van der Waals surface area contributed by atoms with Gasteiger partial charge in [0.05, 0.1) is 28.2 Å². The van der Waals surface area contributed by atoms with Gasteiger partial charge in [0, 0.05) is 38.3 Å². The molecule has 15 heteroatoms. The number of carbonyl (C=O) groups is 2. The number of nitrogens with one attached hydrogen (secondary N) is 2. The molecule has 0 aromatic heterocycles. The second-order valence-corrected chi connectivity index (χ2v) is 13.1. The number of likely N-dealkylation sites (tertiary alicyclic amines) is 1. The number of primary amides is 1. The largest absolute Gasteiger partial charge is 0.456 e. The summed E-state index contributed by atoms with van der Waals surface area (Å²) < 4.78 is 59.5. The molecule has 10 nitrogen and oxygen atoms in total. The molecule has 1 aliphatic heterocycles. The molecule has 1 heterocycles. The third-order valence-electron chi connectivity index (χ3n) is 7.37. The van der Waals surface area contributed by atoms with Crippen LogP contribution < -0.4 is 20.5 Å². The Balaban J connectivity index is 0.00000576. The van der Waals surface area contributed by atoms with Crippen LogP contribution in [0.4, 0.5) is 25.0 Å². The van der Waals surface area contributed by atoms with E-state index in [2.05, 4.69) is 14.9 Å². The van der Waals surface area contributed by atoms with Gasteiger partial charge in [0.1, 0.15) is 23.1 Å². The van der Waals surface area contributed by atoms with Crippen LogP contribution in [0.3, 0.4) is 0 Å². The van der Waals surface area contributed by atoms with Gasteiger partial charge in [0.2, 0.25) is 10.0 Å². The number of benzene rings is 3. The van der Waals surface area contributed by atoms with Crippen LogP contribution in [0.25, 0.3) is 0 Å². The molecule has 0 saturated carbocycles. The molecule has 3 aromatic carbocycles. The number of sulfonamides is 1. The second kappa shape index (κ2) is 16.3. The number of ether oxygens (including phenoxy) is 1. The summed E-state index contributed by atoms with van der Waals surface area (Å²) in [7, 11) is -3.43.